The van der Waals surface area contributed by atoms with Crippen LogP contribution in [-0.4, -0.2) is 23.5 Å². The fraction of sp³-hybridized carbons (Fsp3) is 0.357. The van der Waals surface area contributed by atoms with Crippen LogP contribution in [0.1, 0.15) is 18.5 Å². The number of benzene rings is 1. The van der Waals surface area contributed by atoms with E-state index in [0.717, 1.165) is 11.3 Å². The molecule has 1 N–H and O–H groups in total. The molecule has 1 aromatic carbocycles. The molecule has 0 bridgehead atoms. The van der Waals surface area contributed by atoms with Gasteiger partial charge in [0.2, 0.25) is 0 Å². The average molecular weight is 297 g/mol. The predicted molar refractivity (Wildman–Crippen MR) is 74.9 cm³/mol. The summed E-state index contributed by atoms with van der Waals surface area (Å²) in [5.74, 6) is 0.289. The topological polar surface area (TPSA) is 48.3 Å². The number of hydrogen-bond donors (Lipinski definition) is 1. The minimum absolute atomic E-state index is 0.0184. The van der Waals surface area contributed by atoms with Crippen molar-refractivity contribution in [2.75, 3.05) is 12.4 Å². The van der Waals surface area contributed by atoms with E-state index in [4.69, 9.17) is 4.74 Å². The Hall–Kier alpha value is -2.31. The largest absolute Gasteiger partial charge is 0.493 e. The van der Waals surface area contributed by atoms with Crippen molar-refractivity contribution < 1.29 is 18.3 Å². The molecule has 0 radical (unpaired) electrons. The quantitative estimate of drug-likeness (QED) is 0.889. The average Bonchev–Trinajstić information content (AvgIpc) is 2.83. The Morgan fingerprint density at radius 1 is 1.29 bits per heavy atom. The Labute approximate surface area is 121 Å². The maximum Gasteiger partial charge on any atom is 0.387 e. The molecule has 0 fully saturated rings. The minimum Gasteiger partial charge on any atom is -0.493 e. The maximum absolute atomic E-state index is 12.3. The van der Waals surface area contributed by atoms with Crippen LogP contribution in [0.15, 0.2) is 30.6 Å². The lowest BCUT2D eigenvalue weighted by molar-refractivity contribution is -0.0512. The molecule has 0 spiro atoms. The Morgan fingerprint density at radius 3 is 2.62 bits per heavy atom. The summed E-state index contributed by atoms with van der Waals surface area (Å²) in [6.45, 7) is -0.925. The summed E-state index contributed by atoms with van der Waals surface area (Å²) in [6, 6.07) is 4.82. The van der Waals surface area contributed by atoms with Crippen molar-refractivity contribution in [3.8, 4) is 11.5 Å². The third-order valence-electron chi connectivity index (χ3n) is 2.99. The molecule has 2 aromatic rings. The van der Waals surface area contributed by atoms with Crippen LogP contribution < -0.4 is 14.8 Å². The van der Waals surface area contributed by atoms with E-state index in [2.05, 4.69) is 15.2 Å². The van der Waals surface area contributed by atoms with Crippen LogP contribution in [0.5, 0.6) is 11.5 Å². The van der Waals surface area contributed by atoms with Crippen LogP contribution in [0, 0.1) is 0 Å². The van der Waals surface area contributed by atoms with E-state index in [1.807, 2.05) is 20.2 Å². The Morgan fingerprint density at radius 2 is 2.05 bits per heavy atom. The number of nitrogens with one attached hydrogen (secondary N) is 1. The molecule has 1 atom stereocenters. The zero-order valence-corrected chi connectivity index (χ0v) is 12.0. The summed E-state index contributed by atoms with van der Waals surface area (Å²) < 4.78 is 35.8. The van der Waals surface area contributed by atoms with E-state index < -0.39 is 6.61 Å². The number of nitrogens with zero attached hydrogens (tertiary/aromatic N) is 2. The minimum atomic E-state index is -2.88. The van der Waals surface area contributed by atoms with Crippen LogP contribution in [-0.2, 0) is 7.05 Å². The monoisotopic (exact) mass is 297 g/mol. The highest BCUT2D eigenvalue weighted by atomic mass is 19.3. The highest BCUT2D eigenvalue weighted by Crippen LogP contribution is 2.32. The Kier molecular flexibility index (Phi) is 4.62. The number of alkyl halides is 2. The summed E-state index contributed by atoms with van der Waals surface area (Å²) in [4.78, 5) is 0. The van der Waals surface area contributed by atoms with Crippen molar-refractivity contribution in [1.29, 1.82) is 0 Å². The molecule has 0 aliphatic rings. The third kappa shape index (κ3) is 3.84. The van der Waals surface area contributed by atoms with Crippen molar-refractivity contribution in [2.45, 2.75) is 19.6 Å². The van der Waals surface area contributed by atoms with Gasteiger partial charge in [0.1, 0.15) is 0 Å². The molecule has 0 amide bonds. The SMILES string of the molecule is COc1cc([C@H](C)Nc2cnn(C)c2)ccc1OC(F)F. The van der Waals surface area contributed by atoms with Crippen molar-refractivity contribution >= 4 is 5.69 Å². The molecule has 7 heteroatoms. The molecular weight excluding hydrogens is 280 g/mol. The summed E-state index contributed by atoms with van der Waals surface area (Å²) >= 11 is 0. The lowest BCUT2D eigenvalue weighted by Gasteiger charge is -2.17. The van der Waals surface area contributed by atoms with Crippen LogP contribution in [0.4, 0.5) is 14.5 Å². The second kappa shape index (κ2) is 6.43. The van der Waals surface area contributed by atoms with E-state index in [1.54, 1.807) is 23.0 Å². The molecule has 114 valence electrons. The van der Waals surface area contributed by atoms with E-state index in [9.17, 15) is 8.78 Å². The second-order valence-corrected chi connectivity index (χ2v) is 4.56. The molecule has 1 heterocycles. The zero-order valence-electron chi connectivity index (χ0n) is 12.0. The summed E-state index contributed by atoms with van der Waals surface area (Å²) in [7, 11) is 3.24. The first-order valence-corrected chi connectivity index (χ1v) is 6.37. The first-order valence-electron chi connectivity index (χ1n) is 6.37. The van der Waals surface area contributed by atoms with E-state index in [-0.39, 0.29) is 17.5 Å². The van der Waals surface area contributed by atoms with Gasteiger partial charge in [0.05, 0.1) is 19.0 Å². The van der Waals surface area contributed by atoms with E-state index in [0.29, 0.717) is 0 Å². The van der Waals surface area contributed by atoms with Gasteiger partial charge in [0.15, 0.2) is 11.5 Å². The van der Waals surface area contributed by atoms with Gasteiger partial charge < -0.3 is 14.8 Å². The molecule has 0 saturated heterocycles. The molecule has 5 nitrogen and oxygen atoms in total. The third-order valence-corrected chi connectivity index (χ3v) is 2.99. The van der Waals surface area contributed by atoms with Crippen molar-refractivity contribution in [2.24, 2.45) is 7.05 Å². The van der Waals surface area contributed by atoms with Crippen molar-refractivity contribution in [3.63, 3.8) is 0 Å². The van der Waals surface area contributed by atoms with Gasteiger partial charge in [-0.25, -0.2) is 0 Å². The number of methoxy groups -OCH3 is 1. The van der Waals surface area contributed by atoms with Crippen molar-refractivity contribution in [3.05, 3.63) is 36.2 Å². The lowest BCUT2D eigenvalue weighted by atomic mass is 10.1. The molecule has 0 aliphatic carbocycles. The highest BCUT2D eigenvalue weighted by molar-refractivity contribution is 5.47. The molecule has 0 unspecified atom stereocenters. The normalized spacial score (nSPS) is 12.3. The number of aromatic nitrogens is 2. The molecular formula is C14H17F2N3O2. The standard InChI is InChI=1S/C14H17F2N3O2/c1-9(18-11-7-17-19(2)8-11)10-4-5-12(21-14(15)16)13(6-10)20-3/h4-9,14,18H,1-3H3/t9-/m0/s1. The van der Waals surface area contributed by atoms with Gasteiger partial charge in [0, 0.05) is 19.3 Å². The van der Waals surface area contributed by atoms with Crippen LogP contribution >= 0.6 is 0 Å². The Bertz CT molecular complexity index is 602. The molecule has 2 rings (SSSR count). The maximum atomic E-state index is 12.3. The molecule has 0 aliphatic heterocycles. The number of halogens is 2. The Balaban J connectivity index is 2.15. The van der Waals surface area contributed by atoms with Crippen LogP contribution in [0.2, 0.25) is 0 Å². The lowest BCUT2D eigenvalue weighted by Crippen LogP contribution is -2.08. The first-order chi connectivity index (χ1) is 9.99. The second-order valence-electron chi connectivity index (χ2n) is 4.56. The smallest absolute Gasteiger partial charge is 0.387 e. The summed E-state index contributed by atoms with van der Waals surface area (Å²) in [5, 5.41) is 7.33. The zero-order chi connectivity index (χ0) is 15.4. The van der Waals surface area contributed by atoms with Gasteiger partial charge in [0.25, 0.3) is 0 Å². The number of ether oxygens (including phenoxy) is 2. The van der Waals surface area contributed by atoms with Gasteiger partial charge in [-0.1, -0.05) is 6.07 Å². The van der Waals surface area contributed by atoms with Gasteiger partial charge in [-0.2, -0.15) is 13.9 Å². The van der Waals surface area contributed by atoms with Gasteiger partial charge in [-0.05, 0) is 24.6 Å². The molecule has 0 saturated carbocycles. The fourth-order valence-electron chi connectivity index (χ4n) is 1.98. The highest BCUT2D eigenvalue weighted by Gasteiger charge is 2.14. The number of hydrogen-bond acceptors (Lipinski definition) is 4. The van der Waals surface area contributed by atoms with Crippen LogP contribution in [0.25, 0.3) is 0 Å². The van der Waals surface area contributed by atoms with E-state index >= 15 is 0 Å². The summed E-state index contributed by atoms with van der Waals surface area (Å²) in [6.07, 6.45) is 3.56. The number of anilines is 1. The molecule has 1 aromatic heterocycles. The first kappa shape index (κ1) is 15.1. The van der Waals surface area contributed by atoms with Gasteiger partial charge in [-0.15, -0.1) is 0 Å². The van der Waals surface area contributed by atoms with Gasteiger partial charge in [-0.3, -0.25) is 4.68 Å². The number of aryl methyl sites for hydroxylation is 1. The molecule has 21 heavy (non-hydrogen) atoms. The predicted octanol–water partition coefficient (Wildman–Crippen LogP) is 3.20. The van der Waals surface area contributed by atoms with E-state index in [1.165, 1.54) is 13.2 Å². The van der Waals surface area contributed by atoms with Gasteiger partial charge >= 0.3 is 6.61 Å². The van der Waals surface area contributed by atoms with Crippen LogP contribution in [0.3, 0.4) is 0 Å². The summed E-state index contributed by atoms with van der Waals surface area (Å²) in [5.41, 5.74) is 1.76. The number of rotatable bonds is 6. The fourth-order valence-corrected chi connectivity index (χ4v) is 1.98. The van der Waals surface area contributed by atoms with Crippen molar-refractivity contribution in [1.82, 2.24) is 9.78 Å².